The molecular weight excluding hydrogens is 537 g/mol. The van der Waals surface area contributed by atoms with Crippen LogP contribution in [-0.4, -0.2) is 4.98 Å². The van der Waals surface area contributed by atoms with Crippen LogP contribution in [0.25, 0.3) is 32.4 Å². The van der Waals surface area contributed by atoms with Gasteiger partial charge in [-0.25, -0.2) is 0 Å². The number of nitriles is 1. The van der Waals surface area contributed by atoms with Crippen LogP contribution < -0.4 is 0 Å². The van der Waals surface area contributed by atoms with E-state index in [2.05, 4.69) is 41.4 Å². The van der Waals surface area contributed by atoms with Crippen LogP contribution in [0.4, 0.5) is 0 Å². The molecule has 0 saturated heterocycles. The first-order chi connectivity index (χ1) is 13.8. The molecule has 29 heavy (non-hydrogen) atoms. The van der Waals surface area contributed by atoms with Gasteiger partial charge in [-0.05, 0) is 39.9 Å². The van der Waals surface area contributed by atoms with E-state index >= 15 is 0 Å². The maximum absolute atomic E-state index is 8.65. The van der Waals surface area contributed by atoms with Crippen molar-refractivity contribution >= 4 is 32.4 Å². The molecule has 0 saturated carbocycles. The van der Waals surface area contributed by atoms with Crippen LogP contribution >= 0.6 is 0 Å². The van der Waals surface area contributed by atoms with E-state index in [-0.39, 0.29) is 21.1 Å². The number of benzene rings is 4. The van der Waals surface area contributed by atoms with Crippen LogP contribution in [0.3, 0.4) is 0 Å². The van der Waals surface area contributed by atoms with Crippen molar-refractivity contribution in [2.45, 2.75) is 0 Å². The fourth-order valence-electron chi connectivity index (χ4n) is 2.99. The number of rotatable bonds is 0. The Hall–Kier alpha value is -3.52. The molecule has 140 valence electrons. The molecule has 1 heterocycles. The fraction of sp³-hybridized carbons (Fsp3) is 0. The Morgan fingerprint density at radius 1 is 0.759 bits per heavy atom. The summed E-state index contributed by atoms with van der Waals surface area (Å²) in [7, 11) is 0. The Bertz CT molecular complexity index is 1250. The van der Waals surface area contributed by atoms with Crippen LogP contribution in [0, 0.1) is 29.2 Å². The quantitative estimate of drug-likeness (QED) is 0.175. The molecule has 3 nitrogen and oxygen atoms in total. The second kappa shape index (κ2) is 10.7. The van der Waals surface area contributed by atoms with Gasteiger partial charge in [-0.2, -0.15) is 5.26 Å². The predicted molar refractivity (Wildman–Crippen MR) is 112 cm³/mol. The van der Waals surface area contributed by atoms with Crippen LogP contribution in [0.1, 0.15) is 5.56 Å². The van der Waals surface area contributed by atoms with E-state index in [1.165, 1.54) is 16.2 Å². The van der Waals surface area contributed by atoms with Crippen molar-refractivity contribution in [3.8, 4) is 6.07 Å². The van der Waals surface area contributed by atoms with Gasteiger partial charge in [0, 0.05) is 6.20 Å². The van der Waals surface area contributed by atoms with Crippen LogP contribution in [0.2, 0.25) is 0 Å². The Morgan fingerprint density at radius 3 is 2.21 bits per heavy atom. The van der Waals surface area contributed by atoms with Crippen molar-refractivity contribution < 1.29 is 21.1 Å². The molecule has 4 heteroatoms. The first-order valence-electron chi connectivity index (χ1n) is 8.60. The molecule has 0 amide bonds. The summed E-state index contributed by atoms with van der Waals surface area (Å²) < 4.78 is 0. The molecule has 5 rings (SSSR count). The SMILES string of the molecule is N#Cc1ccc2ccccc2c1.[C-]#N.[Pt+2].[c-]1cccc2ccc3cccnc3c12. The molecule has 0 aliphatic rings. The first kappa shape index (κ1) is 21.8. The van der Waals surface area contributed by atoms with Crippen molar-refractivity contribution in [1.82, 2.24) is 4.98 Å². The second-order valence-electron chi connectivity index (χ2n) is 5.95. The number of hydrogen-bond donors (Lipinski definition) is 0. The minimum Gasteiger partial charge on any atom is -0.512 e. The minimum absolute atomic E-state index is 0. The summed E-state index contributed by atoms with van der Waals surface area (Å²) in [6.07, 6.45) is 1.82. The summed E-state index contributed by atoms with van der Waals surface area (Å²) in [4.78, 5) is 4.38. The summed E-state index contributed by atoms with van der Waals surface area (Å²) >= 11 is 0. The van der Waals surface area contributed by atoms with Gasteiger partial charge in [-0.15, -0.1) is 35.0 Å². The number of hydrogen-bond acceptors (Lipinski definition) is 3. The topological polar surface area (TPSA) is 60.5 Å². The van der Waals surface area contributed by atoms with E-state index in [9.17, 15) is 0 Å². The zero-order valence-electron chi connectivity index (χ0n) is 15.3. The summed E-state index contributed by atoms with van der Waals surface area (Å²) in [5, 5.41) is 20.7. The maximum atomic E-state index is 8.65. The minimum atomic E-state index is 0. The first-order valence-corrected chi connectivity index (χ1v) is 8.60. The molecule has 0 radical (unpaired) electrons. The Balaban J connectivity index is 0.000000187. The molecule has 0 N–H and O–H groups in total. The van der Waals surface area contributed by atoms with Crippen molar-refractivity contribution in [2.75, 3.05) is 0 Å². The van der Waals surface area contributed by atoms with Gasteiger partial charge in [-0.3, -0.25) is 0 Å². The predicted octanol–water partition coefficient (Wildman–Crippen LogP) is 5.99. The number of pyridine rings is 1. The largest absolute Gasteiger partial charge is 2.00 e. The van der Waals surface area contributed by atoms with E-state index in [1.54, 1.807) is 0 Å². The molecule has 0 aliphatic heterocycles. The fourth-order valence-corrected chi connectivity index (χ4v) is 2.99. The summed E-state index contributed by atoms with van der Waals surface area (Å²) in [5.41, 5.74) is 1.75. The molecule has 0 unspecified atom stereocenters. The van der Waals surface area contributed by atoms with Gasteiger partial charge in [0.15, 0.2) is 0 Å². The van der Waals surface area contributed by atoms with E-state index in [1.807, 2.05) is 66.9 Å². The standard InChI is InChI=1S/C13H8N.C11H7N.CN.Pt/c1-2-6-12-10(4-1)7-8-11-5-3-9-14-13(11)12;12-8-9-5-6-10-3-1-2-4-11(10)7-9;1-2;/h1-5,7-9H;1-7H;;/q-1;;-1;+2. The number of aromatic nitrogens is 1. The van der Waals surface area contributed by atoms with Crippen molar-refractivity contribution in [3.05, 3.63) is 109 Å². The van der Waals surface area contributed by atoms with Crippen molar-refractivity contribution in [1.29, 1.82) is 10.5 Å². The zero-order chi connectivity index (χ0) is 19.8. The van der Waals surface area contributed by atoms with Gasteiger partial charge in [0.1, 0.15) is 0 Å². The van der Waals surface area contributed by atoms with Gasteiger partial charge in [0.05, 0.1) is 11.6 Å². The Labute approximate surface area is 184 Å². The van der Waals surface area contributed by atoms with Gasteiger partial charge >= 0.3 is 21.1 Å². The van der Waals surface area contributed by atoms with Gasteiger partial charge in [-0.1, -0.05) is 48.5 Å². The summed E-state index contributed by atoms with van der Waals surface area (Å²) in [6.45, 7) is 4.75. The molecule has 0 bridgehead atoms. The monoisotopic (exact) mass is 552 g/mol. The smallest absolute Gasteiger partial charge is 0.512 e. The third kappa shape index (κ3) is 5.05. The van der Waals surface area contributed by atoms with E-state index < -0.39 is 0 Å². The maximum Gasteiger partial charge on any atom is 2.00 e. The van der Waals surface area contributed by atoms with E-state index in [4.69, 9.17) is 17.1 Å². The summed E-state index contributed by atoms with van der Waals surface area (Å²) in [6, 6.07) is 33.3. The van der Waals surface area contributed by atoms with Gasteiger partial charge in [0.2, 0.25) is 0 Å². The Morgan fingerprint density at radius 2 is 1.41 bits per heavy atom. The molecule has 0 atom stereocenters. The average Bonchev–Trinajstić information content (AvgIpc) is 2.80. The number of nitrogens with zero attached hydrogens (tertiary/aromatic N) is 3. The third-order valence-electron chi connectivity index (χ3n) is 4.29. The zero-order valence-corrected chi connectivity index (χ0v) is 17.6. The molecule has 4 aromatic carbocycles. The van der Waals surface area contributed by atoms with Crippen molar-refractivity contribution in [3.63, 3.8) is 0 Å². The van der Waals surface area contributed by atoms with Crippen LogP contribution in [-0.2, 0) is 21.1 Å². The average molecular weight is 552 g/mol. The normalized spacial score (nSPS) is 9.28. The Kier molecular flexibility index (Phi) is 8.05. The molecular formula is C25H15N3Pt. The molecule has 0 fully saturated rings. The molecule has 0 spiro atoms. The van der Waals surface area contributed by atoms with Gasteiger partial charge < -0.3 is 16.8 Å². The summed E-state index contributed by atoms with van der Waals surface area (Å²) in [5.74, 6) is 0. The number of fused-ring (bicyclic) bond motifs is 4. The van der Waals surface area contributed by atoms with Crippen molar-refractivity contribution in [2.24, 2.45) is 0 Å². The molecule has 0 aliphatic carbocycles. The molecule has 1 aromatic heterocycles. The van der Waals surface area contributed by atoms with Gasteiger partial charge in [0.25, 0.3) is 0 Å². The van der Waals surface area contributed by atoms with Crippen LogP contribution in [0.5, 0.6) is 0 Å². The van der Waals surface area contributed by atoms with E-state index in [0.717, 1.165) is 16.3 Å². The second-order valence-corrected chi connectivity index (χ2v) is 5.95. The molecule has 5 aromatic rings. The van der Waals surface area contributed by atoms with Crippen LogP contribution in [0.15, 0.2) is 91.1 Å². The third-order valence-corrected chi connectivity index (χ3v) is 4.29. The van der Waals surface area contributed by atoms with E-state index in [0.29, 0.717) is 5.56 Å².